The van der Waals surface area contributed by atoms with Gasteiger partial charge in [-0.2, -0.15) is 0 Å². The van der Waals surface area contributed by atoms with Crippen LogP contribution in [0.25, 0.3) is 0 Å². The molecule has 0 heterocycles. The van der Waals surface area contributed by atoms with Crippen molar-refractivity contribution < 1.29 is 14.5 Å². The first-order valence-electron chi connectivity index (χ1n) is 8.58. The first-order chi connectivity index (χ1) is 13.6. The quantitative estimate of drug-likeness (QED) is 0.277. The second-order valence-electron chi connectivity index (χ2n) is 5.98. The van der Waals surface area contributed by atoms with E-state index in [0.717, 1.165) is 11.3 Å². The third-order valence-electron chi connectivity index (χ3n) is 3.91. The molecule has 0 saturated carbocycles. The molecule has 0 aromatic heterocycles. The molecule has 0 aliphatic carbocycles. The summed E-state index contributed by atoms with van der Waals surface area (Å²) in [5.74, 6) is 0.929. The van der Waals surface area contributed by atoms with Crippen LogP contribution in [0.1, 0.15) is 16.7 Å². The number of hydrogen-bond acceptors (Lipinski definition) is 5. The summed E-state index contributed by atoms with van der Waals surface area (Å²) in [6.45, 7) is 0.566. The largest absolute Gasteiger partial charge is 0.489 e. The Hall–Kier alpha value is -3.87. The molecule has 0 radical (unpaired) electrons. The predicted octanol–water partition coefficient (Wildman–Crippen LogP) is 4.01. The fourth-order valence-electron chi connectivity index (χ4n) is 2.45. The summed E-state index contributed by atoms with van der Waals surface area (Å²) in [6.07, 6.45) is 0. The Kier molecular flexibility index (Phi) is 6.20. The molecular formula is C21H19N3O4. The molecule has 7 nitrogen and oxygen atoms in total. The predicted molar refractivity (Wildman–Crippen MR) is 106 cm³/mol. The molecule has 0 aliphatic rings. The lowest BCUT2D eigenvalue weighted by Crippen LogP contribution is -2.13. The second kappa shape index (κ2) is 9.18. The maximum Gasteiger partial charge on any atom is 0.269 e. The van der Waals surface area contributed by atoms with Gasteiger partial charge in [0, 0.05) is 17.7 Å². The number of non-ortho nitro benzene ring substituents is 1. The van der Waals surface area contributed by atoms with E-state index >= 15 is 0 Å². The molecule has 0 spiro atoms. The lowest BCUT2D eigenvalue weighted by Gasteiger charge is -2.07. The van der Waals surface area contributed by atoms with E-state index in [9.17, 15) is 10.1 Å². The van der Waals surface area contributed by atoms with Gasteiger partial charge in [0.25, 0.3) is 5.69 Å². The molecule has 0 amide bonds. The number of rotatable bonds is 8. The summed E-state index contributed by atoms with van der Waals surface area (Å²) in [7, 11) is 0. The van der Waals surface area contributed by atoms with Gasteiger partial charge >= 0.3 is 0 Å². The molecule has 3 aromatic rings. The van der Waals surface area contributed by atoms with Gasteiger partial charge in [-0.15, -0.1) is 0 Å². The fraction of sp³-hybridized carbons (Fsp3) is 0.0952. The maximum atomic E-state index is 10.8. The van der Waals surface area contributed by atoms with Crippen molar-refractivity contribution in [1.82, 2.24) is 0 Å². The normalized spacial score (nSPS) is 11.1. The monoisotopic (exact) mass is 377 g/mol. The van der Waals surface area contributed by atoms with Crippen LogP contribution in [-0.2, 0) is 18.1 Å². The number of amidine groups is 1. The molecule has 142 valence electrons. The lowest BCUT2D eigenvalue weighted by molar-refractivity contribution is -0.384. The van der Waals surface area contributed by atoms with Crippen molar-refractivity contribution in [2.24, 2.45) is 10.9 Å². The van der Waals surface area contributed by atoms with Gasteiger partial charge in [-0.3, -0.25) is 10.1 Å². The Bertz CT molecular complexity index is 957. The summed E-state index contributed by atoms with van der Waals surface area (Å²) in [5.41, 5.74) is 8.34. The minimum Gasteiger partial charge on any atom is -0.489 e. The minimum absolute atomic E-state index is 0.00384. The van der Waals surface area contributed by atoms with Gasteiger partial charge in [0.2, 0.25) is 0 Å². The van der Waals surface area contributed by atoms with Crippen molar-refractivity contribution in [2.75, 3.05) is 0 Å². The van der Waals surface area contributed by atoms with Gasteiger partial charge < -0.3 is 15.3 Å². The van der Waals surface area contributed by atoms with Crippen LogP contribution >= 0.6 is 0 Å². The highest BCUT2D eigenvalue weighted by molar-refractivity contribution is 5.97. The van der Waals surface area contributed by atoms with E-state index in [0.29, 0.717) is 17.7 Å². The van der Waals surface area contributed by atoms with E-state index in [2.05, 4.69) is 5.16 Å². The maximum absolute atomic E-state index is 10.8. The van der Waals surface area contributed by atoms with Crippen molar-refractivity contribution in [3.63, 3.8) is 0 Å². The number of nitrogens with two attached hydrogens (primary N) is 1. The van der Waals surface area contributed by atoms with Crippen molar-refractivity contribution in [2.45, 2.75) is 13.2 Å². The van der Waals surface area contributed by atoms with Gasteiger partial charge in [-0.1, -0.05) is 47.6 Å². The summed E-state index contributed by atoms with van der Waals surface area (Å²) in [6, 6.07) is 23.2. The van der Waals surface area contributed by atoms with Crippen molar-refractivity contribution >= 4 is 11.5 Å². The van der Waals surface area contributed by atoms with E-state index in [1.165, 1.54) is 12.1 Å². The van der Waals surface area contributed by atoms with Crippen LogP contribution in [0.15, 0.2) is 84.0 Å². The highest BCUT2D eigenvalue weighted by atomic mass is 16.6. The van der Waals surface area contributed by atoms with Gasteiger partial charge in [-0.05, 0) is 35.4 Å². The minimum atomic E-state index is -0.456. The molecule has 0 unspecified atom stereocenters. The van der Waals surface area contributed by atoms with E-state index in [1.54, 1.807) is 36.4 Å². The van der Waals surface area contributed by atoms with E-state index < -0.39 is 4.92 Å². The number of nitrogens with zero attached hydrogens (tertiary/aromatic N) is 2. The van der Waals surface area contributed by atoms with Gasteiger partial charge in [0.05, 0.1) is 4.92 Å². The Morgan fingerprint density at radius 2 is 1.64 bits per heavy atom. The number of ether oxygens (including phenoxy) is 1. The highest BCUT2D eigenvalue weighted by Gasteiger charge is 2.06. The van der Waals surface area contributed by atoms with E-state index in [1.807, 2.05) is 30.3 Å². The van der Waals surface area contributed by atoms with Crippen LogP contribution in [0.2, 0.25) is 0 Å². The first-order valence-corrected chi connectivity index (χ1v) is 8.58. The standard InChI is InChI=1S/C21H19N3O4/c22-21(23-28-15-17-7-4-8-19(13-17)24(25)26)18-9-11-20(12-10-18)27-14-16-5-2-1-3-6-16/h1-13H,14-15H2,(H2,22,23). The molecule has 0 fully saturated rings. The summed E-state index contributed by atoms with van der Waals surface area (Å²) < 4.78 is 5.73. The molecule has 28 heavy (non-hydrogen) atoms. The Morgan fingerprint density at radius 1 is 0.929 bits per heavy atom. The van der Waals surface area contributed by atoms with Gasteiger partial charge in [0.15, 0.2) is 5.84 Å². The Morgan fingerprint density at radius 3 is 2.36 bits per heavy atom. The van der Waals surface area contributed by atoms with Crippen LogP contribution in [0.4, 0.5) is 5.69 Å². The molecule has 3 rings (SSSR count). The summed E-state index contributed by atoms with van der Waals surface area (Å²) in [4.78, 5) is 15.5. The number of oxime groups is 1. The first kappa shape index (κ1) is 18.9. The zero-order valence-corrected chi connectivity index (χ0v) is 15.0. The number of nitro groups is 1. The molecule has 0 saturated heterocycles. The van der Waals surface area contributed by atoms with E-state index in [-0.39, 0.29) is 18.1 Å². The van der Waals surface area contributed by atoms with Gasteiger partial charge in [-0.25, -0.2) is 0 Å². The lowest BCUT2D eigenvalue weighted by atomic mass is 10.2. The number of benzene rings is 3. The summed E-state index contributed by atoms with van der Waals surface area (Å²) >= 11 is 0. The second-order valence-corrected chi connectivity index (χ2v) is 5.98. The van der Waals surface area contributed by atoms with Crippen LogP contribution < -0.4 is 10.5 Å². The molecule has 2 N–H and O–H groups in total. The van der Waals surface area contributed by atoms with Gasteiger partial charge in [0.1, 0.15) is 19.0 Å². The van der Waals surface area contributed by atoms with Crippen LogP contribution in [-0.4, -0.2) is 10.8 Å². The molecule has 0 bridgehead atoms. The third-order valence-corrected chi connectivity index (χ3v) is 3.91. The topological polar surface area (TPSA) is 100.0 Å². The average Bonchev–Trinajstić information content (AvgIpc) is 2.73. The van der Waals surface area contributed by atoms with Crippen LogP contribution in [0, 0.1) is 10.1 Å². The molecule has 0 aliphatic heterocycles. The zero-order chi connectivity index (χ0) is 19.8. The third kappa shape index (κ3) is 5.31. The number of nitro benzene ring substituents is 1. The Labute approximate surface area is 162 Å². The van der Waals surface area contributed by atoms with Crippen LogP contribution in [0.3, 0.4) is 0 Å². The fourth-order valence-corrected chi connectivity index (χ4v) is 2.45. The SMILES string of the molecule is NC(=NOCc1cccc([N+](=O)[O-])c1)c1ccc(OCc2ccccc2)cc1. The van der Waals surface area contributed by atoms with Crippen molar-refractivity contribution in [1.29, 1.82) is 0 Å². The van der Waals surface area contributed by atoms with E-state index in [4.69, 9.17) is 15.3 Å². The zero-order valence-electron chi connectivity index (χ0n) is 15.0. The molecule has 7 heteroatoms. The van der Waals surface area contributed by atoms with Crippen molar-refractivity contribution in [3.05, 3.63) is 106 Å². The molecule has 0 atom stereocenters. The van der Waals surface area contributed by atoms with Crippen molar-refractivity contribution in [3.8, 4) is 5.75 Å². The Balaban J connectivity index is 1.54. The number of hydrogen-bond donors (Lipinski definition) is 1. The smallest absolute Gasteiger partial charge is 0.269 e. The summed E-state index contributed by atoms with van der Waals surface area (Å²) in [5, 5.41) is 14.7. The molecule has 3 aromatic carbocycles. The average molecular weight is 377 g/mol. The van der Waals surface area contributed by atoms with Crippen LogP contribution in [0.5, 0.6) is 5.75 Å². The molecular weight excluding hydrogens is 358 g/mol. The highest BCUT2D eigenvalue weighted by Crippen LogP contribution is 2.15.